The summed E-state index contributed by atoms with van der Waals surface area (Å²) in [5.41, 5.74) is 1.03. The normalized spacial score (nSPS) is 22.6. The number of benzene rings is 1. The van der Waals surface area contributed by atoms with Gasteiger partial charge < -0.3 is 15.0 Å². The minimum absolute atomic E-state index is 0.346. The number of likely N-dealkylation sites (tertiary alicyclic amines) is 1. The molecule has 1 atom stereocenters. The molecule has 1 aromatic rings. The molecule has 2 aliphatic rings. The first-order valence-corrected chi connectivity index (χ1v) is 10.9. The number of morpholine rings is 1. The highest BCUT2D eigenvalue weighted by atomic mass is 32.2. The molecule has 144 valence electrons. The minimum atomic E-state index is -3.15. The van der Waals surface area contributed by atoms with Crippen LogP contribution in [-0.2, 0) is 21.1 Å². The summed E-state index contributed by atoms with van der Waals surface area (Å²) >= 11 is 0. The van der Waals surface area contributed by atoms with Crippen LogP contribution < -0.4 is 5.32 Å². The summed E-state index contributed by atoms with van der Waals surface area (Å²) in [4.78, 5) is 9.57. The van der Waals surface area contributed by atoms with Crippen molar-refractivity contribution >= 4 is 15.8 Å². The first-order valence-electron chi connectivity index (χ1n) is 9.04. The molecular weight excluding hydrogens is 352 g/mol. The topological polar surface area (TPSA) is 74.2 Å². The van der Waals surface area contributed by atoms with Crippen LogP contribution in [0.25, 0.3) is 0 Å². The Labute approximate surface area is 156 Å². The third-order valence-corrected chi connectivity index (χ3v) is 6.17. The number of nitrogens with one attached hydrogen (secondary N) is 1. The molecule has 0 aromatic heterocycles. The van der Waals surface area contributed by atoms with Gasteiger partial charge in [0.25, 0.3) is 0 Å². The largest absolute Gasteiger partial charge is 0.379 e. The predicted octanol–water partition coefficient (Wildman–Crippen LogP) is 0.572. The van der Waals surface area contributed by atoms with Crippen LogP contribution >= 0.6 is 0 Å². The molecule has 2 fully saturated rings. The Morgan fingerprint density at radius 3 is 2.54 bits per heavy atom. The number of rotatable bonds is 4. The minimum Gasteiger partial charge on any atom is -0.379 e. The molecule has 1 aromatic carbocycles. The van der Waals surface area contributed by atoms with E-state index in [0.717, 1.165) is 57.3 Å². The second-order valence-corrected chi connectivity index (χ2v) is 8.87. The number of guanidine groups is 1. The van der Waals surface area contributed by atoms with Crippen LogP contribution in [0.2, 0.25) is 0 Å². The van der Waals surface area contributed by atoms with Gasteiger partial charge >= 0.3 is 0 Å². The molecule has 8 heteroatoms. The van der Waals surface area contributed by atoms with E-state index in [1.165, 1.54) is 6.26 Å². The lowest BCUT2D eigenvalue weighted by atomic mass is 10.2. The average Bonchev–Trinajstić information content (AvgIpc) is 3.13. The van der Waals surface area contributed by atoms with Gasteiger partial charge in [-0.1, -0.05) is 12.1 Å². The van der Waals surface area contributed by atoms with Crippen molar-refractivity contribution in [2.24, 2.45) is 4.99 Å². The van der Waals surface area contributed by atoms with E-state index in [1.807, 2.05) is 12.1 Å². The van der Waals surface area contributed by atoms with Crippen molar-refractivity contribution in [2.75, 3.05) is 52.7 Å². The van der Waals surface area contributed by atoms with Crippen molar-refractivity contribution < 1.29 is 13.2 Å². The number of hydrogen-bond donors (Lipinski definition) is 1. The highest BCUT2D eigenvalue weighted by Crippen LogP contribution is 2.17. The van der Waals surface area contributed by atoms with E-state index < -0.39 is 9.84 Å². The van der Waals surface area contributed by atoms with E-state index >= 15 is 0 Å². The lowest BCUT2D eigenvalue weighted by molar-refractivity contribution is 0.0195. The molecule has 2 saturated heterocycles. The maximum atomic E-state index is 11.5. The van der Waals surface area contributed by atoms with Crippen LogP contribution in [0.15, 0.2) is 34.2 Å². The van der Waals surface area contributed by atoms with Crippen LogP contribution in [0.1, 0.15) is 12.0 Å². The summed E-state index contributed by atoms with van der Waals surface area (Å²) < 4.78 is 28.5. The van der Waals surface area contributed by atoms with Gasteiger partial charge in [-0.15, -0.1) is 0 Å². The summed E-state index contributed by atoms with van der Waals surface area (Å²) in [6.45, 7) is 6.27. The molecular formula is C18H28N4O3S. The zero-order valence-electron chi connectivity index (χ0n) is 15.5. The SMILES string of the molecule is CN=C(NCc1ccc(S(C)(=O)=O)cc1)N1CCC(N2CCOCC2)C1. The van der Waals surface area contributed by atoms with Crippen molar-refractivity contribution in [1.29, 1.82) is 0 Å². The standard InChI is InChI=1S/C18H28N4O3S/c1-19-18(20-13-15-3-5-17(6-4-15)26(2,23)24)22-8-7-16(14-22)21-9-11-25-12-10-21/h3-6,16H,7-14H2,1-2H3,(H,19,20). The molecule has 0 saturated carbocycles. The van der Waals surface area contributed by atoms with Gasteiger partial charge in [0.15, 0.2) is 15.8 Å². The molecule has 1 N–H and O–H groups in total. The van der Waals surface area contributed by atoms with E-state index in [4.69, 9.17) is 4.74 Å². The Morgan fingerprint density at radius 2 is 1.92 bits per heavy atom. The van der Waals surface area contributed by atoms with Gasteiger partial charge in [-0.05, 0) is 24.1 Å². The molecule has 7 nitrogen and oxygen atoms in total. The van der Waals surface area contributed by atoms with Crippen molar-refractivity contribution in [3.63, 3.8) is 0 Å². The van der Waals surface area contributed by atoms with Gasteiger partial charge in [0.1, 0.15) is 0 Å². The number of nitrogens with zero attached hydrogens (tertiary/aromatic N) is 3. The van der Waals surface area contributed by atoms with Gasteiger partial charge in [0.2, 0.25) is 0 Å². The molecule has 26 heavy (non-hydrogen) atoms. The van der Waals surface area contributed by atoms with Crippen LogP contribution in [0.3, 0.4) is 0 Å². The number of aliphatic imine (C=N–C) groups is 1. The lowest BCUT2D eigenvalue weighted by Gasteiger charge is -2.32. The molecule has 1 unspecified atom stereocenters. The van der Waals surface area contributed by atoms with E-state index in [0.29, 0.717) is 17.5 Å². The fourth-order valence-corrected chi connectivity index (χ4v) is 4.17. The number of hydrogen-bond acceptors (Lipinski definition) is 5. The second kappa shape index (κ2) is 8.37. The Hall–Kier alpha value is -1.64. The maximum absolute atomic E-state index is 11.5. The Kier molecular flexibility index (Phi) is 6.16. The van der Waals surface area contributed by atoms with E-state index in [2.05, 4.69) is 20.1 Å². The Morgan fingerprint density at radius 1 is 1.23 bits per heavy atom. The van der Waals surface area contributed by atoms with Crippen LogP contribution in [-0.4, -0.2) is 82.9 Å². The highest BCUT2D eigenvalue weighted by molar-refractivity contribution is 7.90. The molecule has 3 rings (SSSR count). The van der Waals surface area contributed by atoms with Gasteiger partial charge in [0.05, 0.1) is 18.1 Å². The summed E-state index contributed by atoms with van der Waals surface area (Å²) in [5.74, 6) is 0.896. The monoisotopic (exact) mass is 380 g/mol. The van der Waals surface area contributed by atoms with Crippen LogP contribution in [0, 0.1) is 0 Å². The van der Waals surface area contributed by atoms with E-state index in [9.17, 15) is 8.42 Å². The van der Waals surface area contributed by atoms with Crippen molar-refractivity contribution in [3.8, 4) is 0 Å². The molecule has 2 heterocycles. The van der Waals surface area contributed by atoms with E-state index in [-0.39, 0.29) is 0 Å². The van der Waals surface area contributed by atoms with Gasteiger partial charge in [-0.2, -0.15) is 0 Å². The first-order chi connectivity index (χ1) is 12.5. The van der Waals surface area contributed by atoms with Crippen molar-refractivity contribution in [1.82, 2.24) is 15.1 Å². The predicted molar refractivity (Wildman–Crippen MR) is 102 cm³/mol. The van der Waals surface area contributed by atoms with Gasteiger partial charge in [-0.3, -0.25) is 9.89 Å². The molecule has 0 amide bonds. The highest BCUT2D eigenvalue weighted by Gasteiger charge is 2.30. The zero-order valence-corrected chi connectivity index (χ0v) is 16.3. The van der Waals surface area contributed by atoms with Crippen LogP contribution in [0.4, 0.5) is 0 Å². The quantitative estimate of drug-likeness (QED) is 0.608. The maximum Gasteiger partial charge on any atom is 0.193 e. The smallest absolute Gasteiger partial charge is 0.193 e. The fourth-order valence-electron chi connectivity index (χ4n) is 3.54. The number of sulfone groups is 1. The summed E-state index contributed by atoms with van der Waals surface area (Å²) in [6, 6.07) is 7.55. The first kappa shape index (κ1) is 19.1. The van der Waals surface area contributed by atoms with Crippen molar-refractivity contribution in [3.05, 3.63) is 29.8 Å². The van der Waals surface area contributed by atoms with Crippen molar-refractivity contribution in [2.45, 2.75) is 23.9 Å². The molecule has 0 bridgehead atoms. The van der Waals surface area contributed by atoms with E-state index in [1.54, 1.807) is 19.2 Å². The summed E-state index contributed by atoms with van der Waals surface area (Å²) in [5, 5.41) is 3.39. The van der Waals surface area contributed by atoms with Gasteiger partial charge in [0, 0.05) is 52.1 Å². The second-order valence-electron chi connectivity index (χ2n) is 6.85. The zero-order chi connectivity index (χ0) is 18.6. The molecule has 2 aliphatic heterocycles. The van der Waals surface area contributed by atoms with Gasteiger partial charge in [-0.25, -0.2) is 8.42 Å². The number of ether oxygens (including phenoxy) is 1. The summed E-state index contributed by atoms with van der Waals surface area (Å²) in [6.07, 6.45) is 2.37. The molecule has 0 radical (unpaired) electrons. The third kappa shape index (κ3) is 4.75. The fraction of sp³-hybridized carbons (Fsp3) is 0.611. The molecule has 0 aliphatic carbocycles. The average molecular weight is 381 g/mol. The molecule has 0 spiro atoms. The lowest BCUT2D eigenvalue weighted by Crippen LogP contribution is -2.46. The Balaban J connectivity index is 1.53. The Bertz CT molecular complexity index is 727. The van der Waals surface area contributed by atoms with Crippen LogP contribution in [0.5, 0.6) is 0 Å². The third-order valence-electron chi connectivity index (χ3n) is 5.04. The summed E-state index contributed by atoms with van der Waals surface area (Å²) in [7, 11) is -1.35.